The molecule has 0 saturated heterocycles. The number of benzene rings is 2. The van der Waals surface area contributed by atoms with Crippen LogP contribution in [-0.2, 0) is 4.74 Å². The van der Waals surface area contributed by atoms with Crippen LogP contribution in [-0.4, -0.2) is 31.3 Å². The Morgan fingerprint density at radius 3 is 1.81 bits per heavy atom. The van der Waals surface area contributed by atoms with Gasteiger partial charge in [0.1, 0.15) is 0 Å². The zero-order chi connectivity index (χ0) is 20.2. The molecule has 0 heterocycles. The van der Waals surface area contributed by atoms with Crippen molar-refractivity contribution in [1.29, 1.82) is 0 Å². The van der Waals surface area contributed by atoms with Gasteiger partial charge in [0.2, 0.25) is 0 Å². The van der Waals surface area contributed by atoms with E-state index in [0.717, 1.165) is 0 Å². The largest absolute Gasteiger partial charge is 0.462 e. The van der Waals surface area contributed by atoms with Crippen LogP contribution >= 0.6 is 0 Å². The summed E-state index contributed by atoms with van der Waals surface area (Å²) >= 11 is 0. The van der Waals surface area contributed by atoms with Crippen molar-refractivity contribution < 1.29 is 19.1 Å². The topological polar surface area (TPSA) is 63.7 Å². The maximum absolute atomic E-state index is 12.7. The smallest absolute Gasteiger partial charge is 0.338 e. The number of rotatable bonds is 5. The highest BCUT2D eigenvalue weighted by Crippen LogP contribution is 2.22. The Bertz CT molecular complexity index is 830. The molecule has 1 amide bonds. The molecule has 5 nitrogen and oxygen atoms in total. The first kappa shape index (κ1) is 20.4. The summed E-state index contributed by atoms with van der Waals surface area (Å²) in [5, 5.41) is 0. The summed E-state index contributed by atoms with van der Waals surface area (Å²) in [5.41, 5.74) is 1.69. The van der Waals surface area contributed by atoms with Crippen LogP contribution in [0.2, 0.25) is 0 Å². The van der Waals surface area contributed by atoms with E-state index in [9.17, 15) is 14.4 Å². The van der Waals surface area contributed by atoms with Gasteiger partial charge in [0, 0.05) is 29.3 Å². The van der Waals surface area contributed by atoms with Crippen LogP contribution in [0.15, 0.2) is 48.5 Å². The molecule has 0 N–H and O–H groups in total. The SMILES string of the molecule is CCOC(=O)c1ccc(N(C)C(=O)c2ccc(C(=O)C(C)(C)C)cc2)cc1. The van der Waals surface area contributed by atoms with Crippen LogP contribution in [0.3, 0.4) is 0 Å². The fourth-order valence-corrected chi connectivity index (χ4v) is 2.54. The lowest BCUT2D eigenvalue weighted by Crippen LogP contribution is -2.26. The third-order valence-electron chi connectivity index (χ3n) is 4.15. The number of carbonyl (C=O) groups excluding carboxylic acids is 3. The molecule has 27 heavy (non-hydrogen) atoms. The number of amides is 1. The molecule has 2 aromatic rings. The highest BCUT2D eigenvalue weighted by atomic mass is 16.5. The minimum Gasteiger partial charge on any atom is -0.462 e. The zero-order valence-corrected chi connectivity index (χ0v) is 16.4. The van der Waals surface area contributed by atoms with Gasteiger partial charge in [0.25, 0.3) is 5.91 Å². The summed E-state index contributed by atoms with van der Waals surface area (Å²) < 4.78 is 4.95. The van der Waals surface area contributed by atoms with Gasteiger partial charge in [-0.3, -0.25) is 9.59 Å². The van der Waals surface area contributed by atoms with Crippen LogP contribution in [0.4, 0.5) is 5.69 Å². The number of esters is 1. The van der Waals surface area contributed by atoms with Crippen molar-refractivity contribution in [2.45, 2.75) is 27.7 Å². The lowest BCUT2D eigenvalue weighted by molar-refractivity contribution is 0.0526. The summed E-state index contributed by atoms with van der Waals surface area (Å²) in [6.07, 6.45) is 0. The molecule has 2 rings (SSSR count). The standard InChI is InChI=1S/C22H25NO4/c1-6-27-21(26)17-11-13-18(14-12-17)23(5)20(25)16-9-7-15(8-10-16)19(24)22(2,3)4/h7-14H,6H2,1-5H3. The molecule has 0 aliphatic carbocycles. The molecule has 0 radical (unpaired) electrons. The molecule has 142 valence electrons. The summed E-state index contributed by atoms with van der Waals surface area (Å²) in [6, 6.07) is 13.3. The predicted octanol–water partition coefficient (Wildman–Crippen LogP) is 4.37. The van der Waals surface area contributed by atoms with E-state index < -0.39 is 11.4 Å². The van der Waals surface area contributed by atoms with Gasteiger partial charge in [-0.2, -0.15) is 0 Å². The summed E-state index contributed by atoms with van der Waals surface area (Å²) in [6.45, 7) is 7.65. The van der Waals surface area contributed by atoms with E-state index in [2.05, 4.69) is 0 Å². The Hall–Kier alpha value is -2.95. The number of anilines is 1. The second-order valence-corrected chi connectivity index (χ2v) is 7.29. The fourth-order valence-electron chi connectivity index (χ4n) is 2.54. The van der Waals surface area contributed by atoms with E-state index in [1.165, 1.54) is 4.90 Å². The van der Waals surface area contributed by atoms with Crippen molar-refractivity contribution in [3.63, 3.8) is 0 Å². The van der Waals surface area contributed by atoms with Crippen LogP contribution in [0, 0.1) is 5.41 Å². The summed E-state index contributed by atoms with van der Waals surface area (Å²) in [4.78, 5) is 38.2. The van der Waals surface area contributed by atoms with Crippen molar-refractivity contribution in [1.82, 2.24) is 0 Å². The number of ether oxygens (including phenoxy) is 1. The summed E-state index contributed by atoms with van der Waals surface area (Å²) in [7, 11) is 1.66. The Labute approximate surface area is 159 Å². The van der Waals surface area contributed by atoms with Crippen molar-refractivity contribution >= 4 is 23.3 Å². The minimum absolute atomic E-state index is 0.0319. The van der Waals surface area contributed by atoms with E-state index in [0.29, 0.717) is 29.0 Å². The summed E-state index contributed by atoms with van der Waals surface area (Å²) in [5.74, 6) is -0.560. The van der Waals surface area contributed by atoms with E-state index in [4.69, 9.17) is 4.74 Å². The molecular formula is C22H25NO4. The van der Waals surface area contributed by atoms with Crippen LogP contribution in [0.1, 0.15) is 58.8 Å². The highest BCUT2D eigenvalue weighted by Gasteiger charge is 2.23. The van der Waals surface area contributed by atoms with E-state index in [-0.39, 0.29) is 11.7 Å². The van der Waals surface area contributed by atoms with E-state index in [1.807, 2.05) is 20.8 Å². The first-order valence-corrected chi connectivity index (χ1v) is 8.85. The number of ketones is 1. The Morgan fingerprint density at radius 1 is 0.852 bits per heavy atom. The molecular weight excluding hydrogens is 342 g/mol. The van der Waals surface area contributed by atoms with Crippen LogP contribution in [0.5, 0.6) is 0 Å². The maximum Gasteiger partial charge on any atom is 0.338 e. The molecule has 0 bridgehead atoms. The van der Waals surface area contributed by atoms with Crippen molar-refractivity contribution in [2.75, 3.05) is 18.6 Å². The maximum atomic E-state index is 12.7. The van der Waals surface area contributed by atoms with Crippen LogP contribution < -0.4 is 4.90 Å². The number of carbonyl (C=O) groups is 3. The molecule has 0 spiro atoms. The zero-order valence-electron chi connectivity index (χ0n) is 16.4. The predicted molar refractivity (Wildman–Crippen MR) is 105 cm³/mol. The van der Waals surface area contributed by atoms with Crippen molar-refractivity contribution in [2.24, 2.45) is 5.41 Å². The van der Waals surface area contributed by atoms with Gasteiger partial charge >= 0.3 is 5.97 Å². The first-order valence-electron chi connectivity index (χ1n) is 8.85. The lowest BCUT2D eigenvalue weighted by atomic mass is 9.86. The normalized spacial score (nSPS) is 11.0. The molecule has 0 saturated carbocycles. The Morgan fingerprint density at radius 2 is 1.33 bits per heavy atom. The molecule has 0 aromatic heterocycles. The quantitative estimate of drug-likeness (QED) is 0.581. The molecule has 0 unspecified atom stereocenters. The van der Waals surface area contributed by atoms with Crippen molar-refractivity contribution in [3.8, 4) is 0 Å². The van der Waals surface area contributed by atoms with Gasteiger partial charge < -0.3 is 9.64 Å². The van der Waals surface area contributed by atoms with E-state index in [1.54, 1.807) is 62.5 Å². The molecule has 0 fully saturated rings. The van der Waals surface area contributed by atoms with Crippen molar-refractivity contribution in [3.05, 3.63) is 65.2 Å². The number of hydrogen-bond donors (Lipinski definition) is 0. The van der Waals surface area contributed by atoms with Crippen LogP contribution in [0.25, 0.3) is 0 Å². The third-order valence-corrected chi connectivity index (χ3v) is 4.15. The molecule has 5 heteroatoms. The fraction of sp³-hybridized carbons (Fsp3) is 0.318. The van der Waals surface area contributed by atoms with Gasteiger partial charge in [-0.25, -0.2) is 4.79 Å². The third kappa shape index (κ3) is 4.82. The van der Waals surface area contributed by atoms with Gasteiger partial charge in [0.15, 0.2) is 5.78 Å². The molecule has 2 aromatic carbocycles. The average Bonchev–Trinajstić information content (AvgIpc) is 2.66. The second kappa shape index (κ2) is 8.16. The number of hydrogen-bond acceptors (Lipinski definition) is 4. The number of nitrogens with zero attached hydrogens (tertiary/aromatic N) is 1. The van der Waals surface area contributed by atoms with E-state index >= 15 is 0 Å². The van der Waals surface area contributed by atoms with Gasteiger partial charge in [-0.15, -0.1) is 0 Å². The molecule has 0 aliphatic rings. The first-order chi connectivity index (χ1) is 12.6. The second-order valence-electron chi connectivity index (χ2n) is 7.29. The monoisotopic (exact) mass is 367 g/mol. The Kier molecular flexibility index (Phi) is 6.16. The van der Waals surface area contributed by atoms with Gasteiger partial charge in [-0.05, 0) is 43.3 Å². The molecule has 0 aliphatic heterocycles. The minimum atomic E-state index is -0.469. The van der Waals surface area contributed by atoms with Gasteiger partial charge in [-0.1, -0.05) is 32.9 Å². The van der Waals surface area contributed by atoms with Gasteiger partial charge in [0.05, 0.1) is 12.2 Å². The lowest BCUT2D eigenvalue weighted by Gasteiger charge is -2.19. The number of Topliss-reactive ketones (excluding diaryl/α,β-unsaturated/α-hetero) is 1. The average molecular weight is 367 g/mol. The molecule has 0 atom stereocenters. The Balaban J connectivity index is 2.15. The highest BCUT2D eigenvalue weighted by molar-refractivity contribution is 6.07.